The minimum absolute atomic E-state index is 0.0365. The molecule has 0 saturated carbocycles. The van der Waals surface area contributed by atoms with Crippen molar-refractivity contribution in [2.24, 2.45) is 0 Å². The molecule has 0 atom stereocenters. The lowest BCUT2D eigenvalue weighted by atomic mass is 10.2. The first-order valence-corrected chi connectivity index (χ1v) is 5.48. The zero-order valence-corrected chi connectivity index (χ0v) is 9.87. The third kappa shape index (κ3) is 2.29. The fourth-order valence-corrected chi connectivity index (χ4v) is 1.82. The molecule has 0 aliphatic carbocycles. The molecule has 0 radical (unpaired) electrons. The lowest BCUT2D eigenvalue weighted by Gasteiger charge is -2.09. The minimum Gasteiger partial charge on any atom is -0.302 e. The Morgan fingerprint density at radius 2 is 1.83 bits per heavy atom. The number of aromatic nitrogens is 1. The SMILES string of the molecule is Cc1c([N+](=O)[O-])ccc(=O)n1Cc1ccccc1. The van der Waals surface area contributed by atoms with E-state index in [2.05, 4.69) is 0 Å². The Hall–Kier alpha value is -2.43. The van der Waals surface area contributed by atoms with Crippen LogP contribution in [0.15, 0.2) is 47.3 Å². The van der Waals surface area contributed by atoms with Gasteiger partial charge in [-0.1, -0.05) is 30.3 Å². The number of nitrogens with zero attached hydrogens (tertiary/aromatic N) is 2. The number of rotatable bonds is 3. The minimum atomic E-state index is -0.476. The molecule has 1 heterocycles. The van der Waals surface area contributed by atoms with E-state index in [1.165, 1.54) is 16.7 Å². The van der Waals surface area contributed by atoms with Crippen molar-refractivity contribution in [2.75, 3.05) is 0 Å². The van der Waals surface area contributed by atoms with Crippen LogP contribution in [0.2, 0.25) is 0 Å². The van der Waals surface area contributed by atoms with Crippen LogP contribution in [0.5, 0.6) is 0 Å². The van der Waals surface area contributed by atoms with Gasteiger partial charge in [-0.3, -0.25) is 14.9 Å². The van der Waals surface area contributed by atoms with Gasteiger partial charge in [-0.2, -0.15) is 0 Å². The molecule has 2 aromatic rings. The van der Waals surface area contributed by atoms with Crippen LogP contribution in [0.4, 0.5) is 5.69 Å². The molecule has 0 N–H and O–H groups in total. The Morgan fingerprint density at radius 1 is 1.17 bits per heavy atom. The Balaban J connectivity index is 2.48. The molecule has 0 unspecified atom stereocenters. The molecule has 0 spiro atoms. The van der Waals surface area contributed by atoms with Crippen LogP contribution in [0.3, 0.4) is 0 Å². The van der Waals surface area contributed by atoms with E-state index in [-0.39, 0.29) is 11.2 Å². The number of hydrogen-bond acceptors (Lipinski definition) is 3. The van der Waals surface area contributed by atoms with Crippen molar-refractivity contribution in [3.05, 3.63) is 74.2 Å². The number of hydrogen-bond donors (Lipinski definition) is 0. The van der Waals surface area contributed by atoms with E-state index >= 15 is 0 Å². The maximum atomic E-state index is 11.8. The molecule has 0 aliphatic heterocycles. The van der Waals surface area contributed by atoms with Gasteiger partial charge >= 0.3 is 0 Å². The first-order chi connectivity index (χ1) is 8.59. The summed E-state index contributed by atoms with van der Waals surface area (Å²) in [7, 11) is 0. The largest absolute Gasteiger partial charge is 0.302 e. The van der Waals surface area contributed by atoms with E-state index in [0.717, 1.165) is 5.56 Å². The molecule has 1 aromatic heterocycles. The van der Waals surface area contributed by atoms with Crippen molar-refractivity contribution in [2.45, 2.75) is 13.5 Å². The molecule has 0 amide bonds. The van der Waals surface area contributed by atoms with E-state index in [4.69, 9.17) is 0 Å². The van der Waals surface area contributed by atoms with E-state index in [1.54, 1.807) is 6.92 Å². The Labute approximate surface area is 103 Å². The van der Waals surface area contributed by atoms with Crippen molar-refractivity contribution < 1.29 is 4.92 Å². The van der Waals surface area contributed by atoms with E-state index in [1.807, 2.05) is 30.3 Å². The summed E-state index contributed by atoms with van der Waals surface area (Å²) in [6.07, 6.45) is 0. The molecule has 5 heteroatoms. The van der Waals surface area contributed by atoms with Gasteiger partial charge in [0.15, 0.2) is 0 Å². The van der Waals surface area contributed by atoms with Gasteiger partial charge < -0.3 is 4.57 Å². The molecule has 5 nitrogen and oxygen atoms in total. The van der Waals surface area contributed by atoms with Crippen LogP contribution < -0.4 is 5.56 Å². The van der Waals surface area contributed by atoms with Gasteiger partial charge in [-0.15, -0.1) is 0 Å². The van der Waals surface area contributed by atoms with Crippen LogP contribution in [0.1, 0.15) is 11.3 Å². The highest BCUT2D eigenvalue weighted by Crippen LogP contribution is 2.15. The topological polar surface area (TPSA) is 65.1 Å². The second kappa shape index (κ2) is 4.83. The Kier molecular flexibility index (Phi) is 3.23. The van der Waals surface area contributed by atoms with Gasteiger partial charge in [0, 0.05) is 12.1 Å². The second-order valence-corrected chi connectivity index (χ2v) is 3.97. The summed E-state index contributed by atoms with van der Waals surface area (Å²) >= 11 is 0. The molecule has 1 aromatic carbocycles. The maximum absolute atomic E-state index is 11.8. The first kappa shape index (κ1) is 12.0. The van der Waals surface area contributed by atoms with Gasteiger partial charge in [0.2, 0.25) is 0 Å². The predicted octanol–water partition coefficient (Wildman–Crippen LogP) is 2.11. The molecule has 0 saturated heterocycles. The van der Waals surface area contributed by atoms with Crippen LogP contribution in [-0.2, 0) is 6.54 Å². The van der Waals surface area contributed by atoms with Gasteiger partial charge in [0.25, 0.3) is 11.2 Å². The average molecular weight is 244 g/mol. The smallest absolute Gasteiger partial charge is 0.288 e. The lowest BCUT2D eigenvalue weighted by Crippen LogP contribution is -2.22. The molecular formula is C13H12N2O3. The molecule has 92 valence electrons. The summed E-state index contributed by atoms with van der Waals surface area (Å²) in [6.45, 7) is 1.93. The second-order valence-electron chi connectivity index (χ2n) is 3.97. The summed E-state index contributed by atoms with van der Waals surface area (Å²) < 4.78 is 1.41. The molecule has 0 bridgehead atoms. The molecule has 0 fully saturated rings. The van der Waals surface area contributed by atoms with E-state index < -0.39 is 4.92 Å². The first-order valence-electron chi connectivity index (χ1n) is 5.48. The lowest BCUT2D eigenvalue weighted by molar-refractivity contribution is -0.386. The summed E-state index contributed by atoms with van der Waals surface area (Å²) in [6, 6.07) is 11.9. The van der Waals surface area contributed by atoms with Gasteiger partial charge in [0.1, 0.15) is 0 Å². The summed E-state index contributed by atoms with van der Waals surface area (Å²) in [5.74, 6) is 0. The molecule has 2 rings (SSSR count). The van der Waals surface area contributed by atoms with Gasteiger partial charge in [-0.05, 0) is 12.5 Å². The van der Waals surface area contributed by atoms with Gasteiger partial charge in [-0.25, -0.2) is 0 Å². The standard InChI is InChI=1S/C13H12N2O3/c1-10-12(15(17)18)7-8-13(16)14(10)9-11-5-3-2-4-6-11/h2-8H,9H2,1H3. The van der Waals surface area contributed by atoms with Crippen molar-refractivity contribution in [3.8, 4) is 0 Å². The fraction of sp³-hybridized carbons (Fsp3) is 0.154. The Bertz CT molecular complexity index is 632. The maximum Gasteiger partial charge on any atom is 0.288 e. The third-order valence-electron chi connectivity index (χ3n) is 2.81. The summed E-state index contributed by atoms with van der Waals surface area (Å²) in [5, 5.41) is 10.8. The zero-order valence-electron chi connectivity index (χ0n) is 9.87. The van der Waals surface area contributed by atoms with Crippen molar-refractivity contribution in [1.29, 1.82) is 0 Å². The zero-order chi connectivity index (χ0) is 13.1. The van der Waals surface area contributed by atoms with Crippen molar-refractivity contribution in [3.63, 3.8) is 0 Å². The molecule has 18 heavy (non-hydrogen) atoms. The quantitative estimate of drug-likeness (QED) is 0.613. The Morgan fingerprint density at radius 3 is 2.44 bits per heavy atom. The van der Waals surface area contributed by atoms with E-state index in [9.17, 15) is 14.9 Å². The average Bonchev–Trinajstić information content (AvgIpc) is 2.35. The van der Waals surface area contributed by atoms with Crippen molar-refractivity contribution in [1.82, 2.24) is 4.57 Å². The van der Waals surface area contributed by atoms with Crippen molar-refractivity contribution >= 4 is 5.69 Å². The van der Waals surface area contributed by atoms with Crippen LogP contribution in [-0.4, -0.2) is 9.49 Å². The van der Waals surface area contributed by atoms with E-state index in [0.29, 0.717) is 12.2 Å². The van der Waals surface area contributed by atoms with Crippen LogP contribution in [0.25, 0.3) is 0 Å². The normalized spacial score (nSPS) is 10.3. The highest BCUT2D eigenvalue weighted by Gasteiger charge is 2.14. The monoisotopic (exact) mass is 244 g/mol. The predicted molar refractivity (Wildman–Crippen MR) is 67.6 cm³/mol. The number of nitro groups is 1. The highest BCUT2D eigenvalue weighted by atomic mass is 16.6. The summed E-state index contributed by atoms with van der Waals surface area (Å²) in [4.78, 5) is 22.1. The molecule has 0 aliphatic rings. The molecular weight excluding hydrogens is 232 g/mol. The third-order valence-corrected chi connectivity index (χ3v) is 2.81. The van der Waals surface area contributed by atoms with Crippen LogP contribution in [0, 0.1) is 17.0 Å². The fourth-order valence-electron chi connectivity index (χ4n) is 1.82. The number of pyridine rings is 1. The van der Waals surface area contributed by atoms with Crippen LogP contribution >= 0.6 is 0 Å². The highest BCUT2D eigenvalue weighted by molar-refractivity contribution is 5.34. The summed E-state index contributed by atoms with van der Waals surface area (Å²) in [5.41, 5.74) is 1.03. The van der Waals surface area contributed by atoms with Gasteiger partial charge in [0.05, 0.1) is 17.2 Å². The number of benzene rings is 1.